The number of carbonyl (C=O) groups excluding carboxylic acids is 2. The molecule has 0 aliphatic rings. The summed E-state index contributed by atoms with van der Waals surface area (Å²) in [5.74, 6) is -0.578. The summed E-state index contributed by atoms with van der Waals surface area (Å²) in [4.78, 5) is 29.4. The minimum Gasteiger partial charge on any atom is -0.465 e. The van der Waals surface area contributed by atoms with Crippen molar-refractivity contribution in [1.29, 1.82) is 0 Å². The molecule has 1 amide bonds. The summed E-state index contributed by atoms with van der Waals surface area (Å²) < 4.78 is 6.70. The number of aromatic nitrogens is 2. The average Bonchev–Trinajstić information content (AvgIpc) is 3.15. The molecule has 0 radical (unpaired) electrons. The maximum Gasteiger partial charge on any atom is 0.337 e. The van der Waals surface area contributed by atoms with E-state index in [2.05, 4.69) is 31.3 Å². The first-order valence-corrected chi connectivity index (χ1v) is 10.4. The number of hydrogen-bond donors (Lipinski definition) is 1. The van der Waals surface area contributed by atoms with E-state index in [1.807, 2.05) is 35.7 Å². The number of esters is 1. The number of methoxy groups -OCH3 is 1. The Morgan fingerprint density at radius 3 is 2.41 bits per heavy atom. The van der Waals surface area contributed by atoms with E-state index in [-0.39, 0.29) is 12.3 Å². The minimum absolute atomic E-state index is 0.158. The van der Waals surface area contributed by atoms with Gasteiger partial charge in [0, 0.05) is 17.4 Å². The number of nitrogens with one attached hydrogen (secondary N) is 1. The molecular weight excluding hydrogens is 402 g/mol. The van der Waals surface area contributed by atoms with Crippen LogP contribution in [0.25, 0.3) is 16.9 Å². The minimum atomic E-state index is -0.415. The van der Waals surface area contributed by atoms with Gasteiger partial charge in [0.15, 0.2) is 0 Å². The van der Waals surface area contributed by atoms with Crippen LogP contribution in [0, 0.1) is 20.8 Å². The number of carbonyl (C=O) groups is 2. The van der Waals surface area contributed by atoms with Gasteiger partial charge in [0.2, 0.25) is 5.91 Å². The molecule has 0 aliphatic heterocycles. The molecule has 32 heavy (non-hydrogen) atoms. The van der Waals surface area contributed by atoms with Crippen molar-refractivity contribution >= 4 is 23.2 Å². The molecule has 0 fully saturated rings. The fourth-order valence-electron chi connectivity index (χ4n) is 3.71. The number of fused-ring (bicyclic) bond motifs is 1. The first-order valence-electron chi connectivity index (χ1n) is 10.4. The lowest BCUT2D eigenvalue weighted by Crippen LogP contribution is -2.16. The first kappa shape index (κ1) is 21.3. The van der Waals surface area contributed by atoms with Crippen LogP contribution in [-0.2, 0) is 16.0 Å². The average molecular weight is 428 g/mol. The smallest absolute Gasteiger partial charge is 0.337 e. The van der Waals surface area contributed by atoms with Crippen molar-refractivity contribution in [3.63, 3.8) is 0 Å². The number of amides is 1. The van der Waals surface area contributed by atoms with E-state index in [0.29, 0.717) is 11.3 Å². The Morgan fingerprint density at radius 2 is 1.72 bits per heavy atom. The van der Waals surface area contributed by atoms with Crippen molar-refractivity contribution in [2.75, 3.05) is 12.4 Å². The van der Waals surface area contributed by atoms with Gasteiger partial charge in [-0.3, -0.25) is 4.79 Å². The molecular formula is C26H25N3O3. The fraction of sp³-hybridized carbons (Fsp3) is 0.192. The van der Waals surface area contributed by atoms with Gasteiger partial charge in [-0.2, -0.15) is 0 Å². The molecule has 0 bridgehead atoms. The monoisotopic (exact) mass is 427 g/mol. The van der Waals surface area contributed by atoms with Crippen LogP contribution in [0.3, 0.4) is 0 Å². The maximum atomic E-state index is 12.9. The highest BCUT2D eigenvalue weighted by Gasteiger charge is 2.18. The molecule has 2 aromatic carbocycles. The van der Waals surface area contributed by atoms with Gasteiger partial charge < -0.3 is 14.5 Å². The zero-order valence-electron chi connectivity index (χ0n) is 18.6. The molecule has 0 spiro atoms. The molecule has 4 aromatic rings. The molecule has 0 saturated heterocycles. The van der Waals surface area contributed by atoms with Crippen LogP contribution in [0.5, 0.6) is 0 Å². The summed E-state index contributed by atoms with van der Waals surface area (Å²) in [6, 6.07) is 16.8. The summed E-state index contributed by atoms with van der Waals surface area (Å²) in [5.41, 5.74) is 7.94. The van der Waals surface area contributed by atoms with E-state index in [1.165, 1.54) is 18.2 Å². The maximum absolute atomic E-state index is 12.9. The Labute approximate surface area is 186 Å². The summed E-state index contributed by atoms with van der Waals surface area (Å²) in [6.07, 6.45) is 2.10. The zero-order chi connectivity index (χ0) is 22.8. The number of nitrogens with zero attached hydrogens (tertiary/aromatic N) is 2. The van der Waals surface area contributed by atoms with Gasteiger partial charge in [-0.15, -0.1) is 0 Å². The third-order valence-electron chi connectivity index (χ3n) is 5.64. The van der Waals surface area contributed by atoms with E-state index in [0.717, 1.165) is 28.2 Å². The number of aryl methyl sites for hydroxylation is 3. The molecule has 2 heterocycles. The van der Waals surface area contributed by atoms with Crippen molar-refractivity contribution in [2.24, 2.45) is 0 Å². The van der Waals surface area contributed by atoms with E-state index in [4.69, 9.17) is 9.72 Å². The van der Waals surface area contributed by atoms with Gasteiger partial charge in [-0.25, -0.2) is 9.78 Å². The fourth-order valence-corrected chi connectivity index (χ4v) is 3.71. The molecule has 0 saturated carbocycles. The molecule has 0 atom stereocenters. The second kappa shape index (κ2) is 8.67. The van der Waals surface area contributed by atoms with E-state index in [1.54, 1.807) is 24.3 Å². The molecule has 1 N–H and O–H groups in total. The third-order valence-corrected chi connectivity index (χ3v) is 5.64. The number of rotatable bonds is 5. The molecule has 2 aromatic heterocycles. The number of anilines is 1. The van der Waals surface area contributed by atoms with Crippen molar-refractivity contribution < 1.29 is 14.3 Å². The summed E-state index contributed by atoms with van der Waals surface area (Å²) in [5, 5.41) is 2.91. The lowest BCUT2D eigenvalue weighted by atomic mass is 10.0. The summed E-state index contributed by atoms with van der Waals surface area (Å²) in [7, 11) is 1.34. The number of ether oxygens (including phenoxy) is 1. The molecule has 0 unspecified atom stereocenters. The quantitative estimate of drug-likeness (QED) is 0.460. The van der Waals surface area contributed by atoms with Crippen LogP contribution in [0.15, 0.2) is 60.8 Å². The SMILES string of the molecule is COC(=O)c1ccc(NC(=O)Cc2c(-c3ccc(C)c(C)c3)nc3c(C)cccn23)cc1. The number of benzene rings is 2. The largest absolute Gasteiger partial charge is 0.465 e. The van der Waals surface area contributed by atoms with Gasteiger partial charge >= 0.3 is 5.97 Å². The second-order valence-corrected chi connectivity index (χ2v) is 7.88. The lowest BCUT2D eigenvalue weighted by molar-refractivity contribution is -0.115. The van der Waals surface area contributed by atoms with E-state index >= 15 is 0 Å². The van der Waals surface area contributed by atoms with Gasteiger partial charge in [-0.1, -0.05) is 18.2 Å². The standard InChI is InChI=1S/C26H25N3O3/c1-16-7-8-20(14-18(16)3)24-22(29-13-5-6-17(2)25(29)28-24)15-23(30)27-21-11-9-19(10-12-21)26(31)32-4/h5-14H,15H2,1-4H3,(H,27,30). The van der Waals surface area contributed by atoms with E-state index < -0.39 is 5.97 Å². The Balaban J connectivity index is 1.67. The van der Waals surface area contributed by atoms with Crippen LogP contribution in [-0.4, -0.2) is 28.4 Å². The molecule has 4 rings (SSSR count). The van der Waals surface area contributed by atoms with E-state index in [9.17, 15) is 9.59 Å². The van der Waals surface area contributed by atoms with Crippen molar-refractivity contribution in [3.8, 4) is 11.3 Å². The molecule has 6 nitrogen and oxygen atoms in total. The Hall–Kier alpha value is -3.93. The number of hydrogen-bond acceptors (Lipinski definition) is 4. The topological polar surface area (TPSA) is 72.7 Å². The predicted octanol–water partition coefficient (Wildman–Crippen LogP) is 4.89. The van der Waals surface area contributed by atoms with Crippen LogP contribution in [0.4, 0.5) is 5.69 Å². The normalized spacial score (nSPS) is 10.9. The lowest BCUT2D eigenvalue weighted by Gasteiger charge is -2.09. The zero-order valence-corrected chi connectivity index (χ0v) is 18.6. The van der Waals surface area contributed by atoms with Gasteiger partial charge in [0.05, 0.1) is 30.5 Å². The van der Waals surface area contributed by atoms with Crippen LogP contribution in [0.1, 0.15) is 32.7 Å². The number of pyridine rings is 1. The van der Waals surface area contributed by atoms with Crippen LogP contribution in [0.2, 0.25) is 0 Å². The van der Waals surface area contributed by atoms with Crippen molar-refractivity contribution in [2.45, 2.75) is 27.2 Å². The van der Waals surface area contributed by atoms with Crippen LogP contribution >= 0.6 is 0 Å². The highest BCUT2D eigenvalue weighted by atomic mass is 16.5. The highest BCUT2D eigenvalue weighted by molar-refractivity contribution is 5.94. The first-order chi connectivity index (χ1) is 15.4. The Kier molecular flexibility index (Phi) is 5.77. The van der Waals surface area contributed by atoms with Gasteiger partial charge in [0.25, 0.3) is 0 Å². The van der Waals surface area contributed by atoms with Crippen molar-refractivity contribution in [1.82, 2.24) is 9.38 Å². The summed E-state index contributed by atoms with van der Waals surface area (Å²) in [6.45, 7) is 6.16. The molecule has 162 valence electrons. The highest BCUT2D eigenvalue weighted by Crippen LogP contribution is 2.28. The Morgan fingerprint density at radius 1 is 0.969 bits per heavy atom. The van der Waals surface area contributed by atoms with Crippen molar-refractivity contribution in [3.05, 3.63) is 88.7 Å². The Bertz CT molecular complexity index is 1320. The third kappa shape index (κ3) is 4.12. The summed E-state index contributed by atoms with van der Waals surface area (Å²) >= 11 is 0. The molecule has 0 aliphatic carbocycles. The van der Waals surface area contributed by atoms with Gasteiger partial charge in [0.1, 0.15) is 5.65 Å². The van der Waals surface area contributed by atoms with Gasteiger partial charge in [-0.05, 0) is 73.9 Å². The van der Waals surface area contributed by atoms with Crippen LogP contribution < -0.4 is 5.32 Å². The molecule has 6 heteroatoms. The predicted molar refractivity (Wildman–Crippen MR) is 125 cm³/mol. The number of imidazole rings is 1. The second-order valence-electron chi connectivity index (χ2n) is 7.88.